The summed E-state index contributed by atoms with van der Waals surface area (Å²) < 4.78 is 10.5. The van der Waals surface area contributed by atoms with Crippen molar-refractivity contribution in [3.05, 3.63) is 23.8 Å². The fraction of sp³-hybridized carbons (Fsp3) is 0.619. The predicted molar refractivity (Wildman–Crippen MR) is 102 cm³/mol. The number of ether oxygens (including phenoxy) is 2. The van der Waals surface area contributed by atoms with Gasteiger partial charge in [0, 0.05) is 6.42 Å². The lowest BCUT2D eigenvalue weighted by Crippen LogP contribution is -2.50. The van der Waals surface area contributed by atoms with Crippen LogP contribution in [0.25, 0.3) is 0 Å². The Kier molecular flexibility index (Phi) is 4.74. The number of methoxy groups -OCH3 is 2. The van der Waals surface area contributed by atoms with Gasteiger partial charge in [-0.15, -0.1) is 0 Å². The molecule has 0 amide bonds. The molecule has 6 heteroatoms. The molecule has 4 saturated carbocycles. The lowest BCUT2D eigenvalue weighted by atomic mass is 9.49. The summed E-state index contributed by atoms with van der Waals surface area (Å²) in [4.78, 5) is 18.1. The number of hydrogen-bond acceptors (Lipinski definition) is 5. The summed E-state index contributed by atoms with van der Waals surface area (Å²) in [6.07, 6.45) is 7.13. The summed E-state index contributed by atoms with van der Waals surface area (Å²) in [5, 5.41) is 3.95. The van der Waals surface area contributed by atoms with E-state index in [1.165, 1.54) is 19.3 Å². The van der Waals surface area contributed by atoms with Crippen molar-refractivity contribution in [3.8, 4) is 11.5 Å². The van der Waals surface area contributed by atoms with Crippen LogP contribution in [0.4, 0.5) is 0 Å². The smallest absolute Gasteiger partial charge is 0.341 e. The van der Waals surface area contributed by atoms with Crippen molar-refractivity contribution in [2.75, 3.05) is 14.2 Å². The Hall–Kier alpha value is -2.24. The van der Waals surface area contributed by atoms with Gasteiger partial charge in [-0.05, 0) is 74.0 Å². The van der Waals surface area contributed by atoms with Crippen LogP contribution in [0.5, 0.6) is 11.5 Å². The summed E-state index contributed by atoms with van der Waals surface area (Å²) in [5.74, 6) is 3.46. The summed E-state index contributed by atoms with van der Waals surface area (Å²) in [7, 11) is 3.18. The van der Waals surface area contributed by atoms with Gasteiger partial charge in [-0.1, -0.05) is 11.2 Å². The Balaban J connectivity index is 1.40. The Morgan fingerprint density at radius 2 is 1.67 bits per heavy atom. The van der Waals surface area contributed by atoms with Crippen LogP contribution in [0.3, 0.4) is 0 Å². The number of carbonyl (C=O) groups excluding carboxylic acids is 1. The molecule has 0 heterocycles. The first kappa shape index (κ1) is 18.1. The Bertz CT molecular complexity index is 723. The molecule has 0 unspecified atom stereocenters. The first-order valence-corrected chi connectivity index (χ1v) is 9.76. The Morgan fingerprint density at radius 3 is 2.22 bits per heavy atom. The molecule has 1 aromatic rings. The summed E-state index contributed by atoms with van der Waals surface area (Å²) in [6, 6.07) is 5.57. The number of carbonyl (C=O) groups is 1. The second-order valence-corrected chi connectivity index (χ2v) is 8.53. The molecule has 0 saturated heterocycles. The van der Waals surface area contributed by atoms with Gasteiger partial charge in [0.05, 0.1) is 19.6 Å². The average Bonchev–Trinajstić information content (AvgIpc) is 2.64. The Labute approximate surface area is 160 Å². The van der Waals surface area contributed by atoms with E-state index < -0.39 is 0 Å². The normalized spacial score (nSPS) is 31.6. The van der Waals surface area contributed by atoms with Crippen molar-refractivity contribution in [1.82, 2.24) is 0 Å². The first-order chi connectivity index (χ1) is 13.0. The van der Waals surface area contributed by atoms with Crippen LogP contribution >= 0.6 is 0 Å². The van der Waals surface area contributed by atoms with E-state index in [0.717, 1.165) is 24.8 Å². The van der Waals surface area contributed by atoms with Crippen molar-refractivity contribution in [2.45, 2.75) is 44.9 Å². The minimum Gasteiger partial charge on any atom is -0.493 e. The number of benzene rings is 1. The highest BCUT2D eigenvalue weighted by atomic mass is 16.7. The molecule has 0 aromatic heterocycles. The number of amidine groups is 1. The van der Waals surface area contributed by atoms with Crippen molar-refractivity contribution in [1.29, 1.82) is 0 Å². The zero-order valence-corrected chi connectivity index (χ0v) is 16.1. The molecule has 27 heavy (non-hydrogen) atoms. The molecular formula is C21H28N2O4. The highest BCUT2D eigenvalue weighted by Crippen LogP contribution is 2.60. The molecule has 0 radical (unpaired) electrons. The van der Waals surface area contributed by atoms with Crippen LogP contribution in [0.2, 0.25) is 0 Å². The third kappa shape index (κ3) is 3.49. The van der Waals surface area contributed by atoms with Gasteiger partial charge in [0.25, 0.3) is 0 Å². The minimum absolute atomic E-state index is 0.183. The van der Waals surface area contributed by atoms with E-state index in [4.69, 9.17) is 20.0 Å². The highest BCUT2D eigenvalue weighted by molar-refractivity contribution is 5.84. The van der Waals surface area contributed by atoms with Crippen molar-refractivity contribution >= 4 is 11.8 Å². The molecular weight excluding hydrogens is 344 g/mol. The fourth-order valence-corrected chi connectivity index (χ4v) is 5.79. The van der Waals surface area contributed by atoms with Gasteiger partial charge in [0.15, 0.2) is 11.5 Å². The average molecular weight is 372 g/mol. The molecule has 6 nitrogen and oxygen atoms in total. The number of nitrogens with two attached hydrogens (primary N) is 1. The third-order valence-corrected chi connectivity index (χ3v) is 6.55. The van der Waals surface area contributed by atoms with E-state index in [2.05, 4.69) is 5.16 Å². The van der Waals surface area contributed by atoms with Crippen LogP contribution in [-0.2, 0) is 16.1 Å². The maximum Gasteiger partial charge on any atom is 0.341 e. The van der Waals surface area contributed by atoms with E-state index in [0.29, 0.717) is 35.7 Å². The van der Waals surface area contributed by atoms with E-state index in [9.17, 15) is 4.79 Å². The molecule has 5 rings (SSSR count). The molecule has 1 aromatic carbocycles. The largest absolute Gasteiger partial charge is 0.493 e. The van der Waals surface area contributed by atoms with Crippen molar-refractivity contribution in [2.24, 2.45) is 34.1 Å². The zero-order valence-electron chi connectivity index (χ0n) is 16.1. The number of oxime groups is 1. The predicted octanol–water partition coefficient (Wildman–Crippen LogP) is 3.28. The van der Waals surface area contributed by atoms with Gasteiger partial charge in [0.1, 0.15) is 5.84 Å². The third-order valence-electron chi connectivity index (χ3n) is 6.55. The maximum atomic E-state index is 12.8. The van der Waals surface area contributed by atoms with Crippen LogP contribution in [0.15, 0.2) is 23.4 Å². The monoisotopic (exact) mass is 372 g/mol. The van der Waals surface area contributed by atoms with Gasteiger partial charge in [0.2, 0.25) is 0 Å². The number of hydrogen-bond donors (Lipinski definition) is 1. The molecule has 0 atom stereocenters. The quantitative estimate of drug-likeness (QED) is 0.359. The fourth-order valence-electron chi connectivity index (χ4n) is 5.79. The van der Waals surface area contributed by atoms with Crippen LogP contribution in [0, 0.1) is 23.2 Å². The van der Waals surface area contributed by atoms with Crippen LogP contribution in [0.1, 0.15) is 44.1 Å². The summed E-state index contributed by atoms with van der Waals surface area (Å²) >= 11 is 0. The molecule has 4 fully saturated rings. The minimum atomic E-state index is -0.318. The molecule has 4 bridgehead atoms. The van der Waals surface area contributed by atoms with E-state index >= 15 is 0 Å². The number of rotatable bonds is 6. The number of nitrogens with zero attached hydrogens (tertiary/aromatic N) is 1. The van der Waals surface area contributed by atoms with Crippen LogP contribution < -0.4 is 15.2 Å². The molecule has 0 spiro atoms. The van der Waals surface area contributed by atoms with Crippen LogP contribution in [-0.4, -0.2) is 26.0 Å². The van der Waals surface area contributed by atoms with E-state index in [1.54, 1.807) is 14.2 Å². The van der Waals surface area contributed by atoms with Gasteiger partial charge in [-0.25, -0.2) is 4.79 Å². The van der Waals surface area contributed by atoms with Gasteiger partial charge in [-0.2, -0.15) is 0 Å². The SMILES string of the molecule is COc1ccc(C/C(N)=N\OC(=O)C23CC4CC(CC(C4)C2)C3)cc1OC. The lowest BCUT2D eigenvalue weighted by molar-refractivity contribution is -0.171. The summed E-state index contributed by atoms with van der Waals surface area (Å²) in [5.41, 5.74) is 6.61. The zero-order chi connectivity index (χ0) is 19.0. The molecule has 2 N–H and O–H groups in total. The van der Waals surface area contributed by atoms with Gasteiger partial charge >= 0.3 is 5.97 Å². The van der Waals surface area contributed by atoms with E-state index in [1.807, 2.05) is 18.2 Å². The molecule has 0 aliphatic heterocycles. The van der Waals surface area contributed by atoms with Crippen molar-refractivity contribution in [3.63, 3.8) is 0 Å². The first-order valence-electron chi connectivity index (χ1n) is 9.76. The molecule has 4 aliphatic carbocycles. The Morgan fingerprint density at radius 1 is 1.07 bits per heavy atom. The molecule has 4 aliphatic rings. The second-order valence-electron chi connectivity index (χ2n) is 8.53. The summed E-state index contributed by atoms with van der Waals surface area (Å²) in [6.45, 7) is 0. The lowest BCUT2D eigenvalue weighted by Gasteiger charge is -2.54. The highest BCUT2D eigenvalue weighted by Gasteiger charge is 2.55. The van der Waals surface area contributed by atoms with Gasteiger partial charge < -0.3 is 20.0 Å². The second kappa shape index (κ2) is 7.06. The van der Waals surface area contributed by atoms with E-state index in [-0.39, 0.29) is 17.2 Å². The maximum absolute atomic E-state index is 12.8. The topological polar surface area (TPSA) is 83.1 Å². The standard InChI is InChI=1S/C21H28N2O4/c1-25-17-4-3-13(8-18(17)26-2)9-19(22)23-27-20(24)21-10-14-5-15(11-21)7-16(6-14)12-21/h3-4,8,14-16H,5-7,9-12H2,1-2H3,(H2,22,23). The van der Waals surface area contributed by atoms with Gasteiger partial charge in [-0.3, -0.25) is 0 Å². The van der Waals surface area contributed by atoms with Crippen molar-refractivity contribution < 1.29 is 19.1 Å². The molecule has 146 valence electrons.